The zero-order valence-corrected chi connectivity index (χ0v) is 16.2. The van der Waals surface area contributed by atoms with Crippen LogP contribution in [0.5, 0.6) is 0 Å². The predicted octanol–water partition coefficient (Wildman–Crippen LogP) is 4.20. The molecule has 0 saturated heterocycles. The van der Waals surface area contributed by atoms with E-state index >= 15 is 0 Å². The maximum absolute atomic E-state index is 11.3. The molecule has 1 atom stereocenters. The zero-order chi connectivity index (χ0) is 18.9. The second kappa shape index (κ2) is 7.47. The standard InChI is InChI=1S/C24H29NO2/c1-25(16-23(26)27)17-24(19-9-3-2-4-10-19)15-7-12-21-20-11-6-5-8-18(20)13-14-22(21)24/h2-4,9-10,13-14H,5-8,11-12,15-17H2,1H3,(H,26,27). The Morgan fingerprint density at radius 2 is 1.74 bits per heavy atom. The molecule has 3 heteroatoms. The normalized spacial score (nSPS) is 21.6. The summed E-state index contributed by atoms with van der Waals surface area (Å²) in [5, 5.41) is 9.28. The molecule has 3 nitrogen and oxygen atoms in total. The van der Waals surface area contributed by atoms with Crippen LogP contribution in [-0.2, 0) is 29.5 Å². The summed E-state index contributed by atoms with van der Waals surface area (Å²) < 4.78 is 0. The van der Waals surface area contributed by atoms with Gasteiger partial charge in [0.2, 0.25) is 0 Å². The van der Waals surface area contributed by atoms with Crippen molar-refractivity contribution >= 4 is 5.97 Å². The number of nitrogens with zero attached hydrogens (tertiary/aromatic N) is 1. The van der Waals surface area contributed by atoms with Crippen molar-refractivity contribution in [2.75, 3.05) is 20.1 Å². The van der Waals surface area contributed by atoms with Crippen molar-refractivity contribution in [3.63, 3.8) is 0 Å². The molecule has 2 aliphatic rings. The molecule has 0 amide bonds. The van der Waals surface area contributed by atoms with Crippen LogP contribution in [0.4, 0.5) is 0 Å². The highest BCUT2D eigenvalue weighted by Crippen LogP contribution is 2.45. The second-order valence-corrected chi connectivity index (χ2v) is 8.30. The zero-order valence-electron chi connectivity index (χ0n) is 16.2. The summed E-state index contributed by atoms with van der Waals surface area (Å²) >= 11 is 0. The maximum atomic E-state index is 11.3. The fraction of sp³-hybridized carbons (Fsp3) is 0.458. The molecule has 142 valence electrons. The van der Waals surface area contributed by atoms with E-state index in [1.54, 1.807) is 16.7 Å². The van der Waals surface area contributed by atoms with Crippen LogP contribution in [0, 0.1) is 0 Å². The minimum absolute atomic E-state index is 0.0782. The molecule has 2 aliphatic carbocycles. The Morgan fingerprint density at radius 3 is 2.52 bits per heavy atom. The van der Waals surface area contributed by atoms with Gasteiger partial charge in [-0.3, -0.25) is 9.69 Å². The quantitative estimate of drug-likeness (QED) is 0.865. The highest BCUT2D eigenvalue weighted by Gasteiger charge is 2.40. The van der Waals surface area contributed by atoms with E-state index in [1.807, 2.05) is 11.9 Å². The Bertz CT molecular complexity index is 830. The monoisotopic (exact) mass is 363 g/mol. The van der Waals surface area contributed by atoms with Crippen LogP contribution in [0.3, 0.4) is 0 Å². The van der Waals surface area contributed by atoms with Crippen molar-refractivity contribution < 1.29 is 9.90 Å². The molecule has 0 spiro atoms. The highest BCUT2D eigenvalue weighted by atomic mass is 16.4. The van der Waals surface area contributed by atoms with Gasteiger partial charge in [0, 0.05) is 12.0 Å². The molecule has 0 saturated carbocycles. The van der Waals surface area contributed by atoms with E-state index in [2.05, 4.69) is 42.5 Å². The Kier molecular flexibility index (Phi) is 5.05. The third-order valence-corrected chi connectivity index (χ3v) is 6.47. The molecule has 27 heavy (non-hydrogen) atoms. The van der Waals surface area contributed by atoms with E-state index in [1.165, 1.54) is 43.2 Å². The summed E-state index contributed by atoms with van der Waals surface area (Å²) in [5.74, 6) is -0.762. The van der Waals surface area contributed by atoms with E-state index in [0.29, 0.717) is 0 Å². The third-order valence-electron chi connectivity index (χ3n) is 6.47. The number of carbonyl (C=O) groups is 1. The van der Waals surface area contributed by atoms with Gasteiger partial charge in [-0.2, -0.15) is 0 Å². The van der Waals surface area contributed by atoms with Crippen LogP contribution in [-0.4, -0.2) is 36.1 Å². The molecule has 1 N–H and O–H groups in total. The summed E-state index contributed by atoms with van der Waals surface area (Å²) in [4.78, 5) is 13.3. The van der Waals surface area contributed by atoms with Crippen molar-refractivity contribution in [1.82, 2.24) is 4.90 Å². The number of aliphatic carboxylic acids is 1. The van der Waals surface area contributed by atoms with Gasteiger partial charge in [-0.1, -0.05) is 42.5 Å². The lowest BCUT2D eigenvalue weighted by molar-refractivity contribution is -0.138. The van der Waals surface area contributed by atoms with Crippen LogP contribution in [0.1, 0.15) is 53.5 Å². The molecule has 1 unspecified atom stereocenters. The van der Waals surface area contributed by atoms with Gasteiger partial charge in [0.05, 0.1) is 6.54 Å². The number of benzene rings is 2. The minimum Gasteiger partial charge on any atom is -0.480 e. The van der Waals surface area contributed by atoms with E-state index < -0.39 is 5.97 Å². The van der Waals surface area contributed by atoms with Gasteiger partial charge in [0.15, 0.2) is 0 Å². The van der Waals surface area contributed by atoms with E-state index in [0.717, 1.165) is 19.4 Å². The first-order valence-corrected chi connectivity index (χ1v) is 10.2. The van der Waals surface area contributed by atoms with Gasteiger partial charge >= 0.3 is 5.97 Å². The van der Waals surface area contributed by atoms with Crippen molar-refractivity contribution in [1.29, 1.82) is 0 Å². The number of hydrogen-bond acceptors (Lipinski definition) is 2. The number of fused-ring (bicyclic) bond motifs is 3. The number of rotatable bonds is 5. The molecule has 0 heterocycles. The lowest BCUT2D eigenvalue weighted by atomic mass is 9.64. The lowest BCUT2D eigenvalue weighted by Crippen LogP contribution is -2.44. The van der Waals surface area contributed by atoms with Gasteiger partial charge in [-0.25, -0.2) is 0 Å². The summed E-state index contributed by atoms with van der Waals surface area (Å²) in [5.41, 5.74) is 7.34. The Labute approximate surface area is 162 Å². The fourth-order valence-corrected chi connectivity index (χ4v) is 5.40. The van der Waals surface area contributed by atoms with Crippen molar-refractivity contribution in [2.45, 2.75) is 50.4 Å². The minimum atomic E-state index is -0.762. The first-order valence-electron chi connectivity index (χ1n) is 10.2. The SMILES string of the molecule is CN(CC(=O)O)CC1(c2ccccc2)CCCc2c1ccc1c2CCCC1. The molecule has 0 fully saturated rings. The average molecular weight is 364 g/mol. The molecular weight excluding hydrogens is 334 g/mol. The van der Waals surface area contributed by atoms with Gasteiger partial charge in [0.1, 0.15) is 0 Å². The number of likely N-dealkylation sites (N-methyl/N-ethyl adjacent to an activating group) is 1. The van der Waals surface area contributed by atoms with Crippen molar-refractivity contribution in [2.24, 2.45) is 0 Å². The summed E-state index contributed by atoms with van der Waals surface area (Å²) in [6.45, 7) is 0.823. The molecule has 4 rings (SSSR count). The van der Waals surface area contributed by atoms with E-state index in [-0.39, 0.29) is 12.0 Å². The Hall–Kier alpha value is -2.13. The van der Waals surface area contributed by atoms with E-state index in [4.69, 9.17) is 0 Å². The largest absolute Gasteiger partial charge is 0.480 e. The van der Waals surface area contributed by atoms with Crippen molar-refractivity contribution in [3.05, 3.63) is 70.3 Å². The summed E-state index contributed by atoms with van der Waals surface area (Å²) in [6, 6.07) is 15.5. The Morgan fingerprint density at radius 1 is 1.00 bits per heavy atom. The van der Waals surface area contributed by atoms with Crippen LogP contribution >= 0.6 is 0 Å². The maximum Gasteiger partial charge on any atom is 0.317 e. The molecule has 2 aromatic rings. The molecule has 2 aromatic carbocycles. The van der Waals surface area contributed by atoms with Crippen LogP contribution in [0.25, 0.3) is 0 Å². The molecule has 0 aliphatic heterocycles. The molecule has 0 radical (unpaired) electrons. The first kappa shape index (κ1) is 18.2. The van der Waals surface area contributed by atoms with Crippen LogP contribution in [0.15, 0.2) is 42.5 Å². The molecule has 0 aromatic heterocycles. The predicted molar refractivity (Wildman–Crippen MR) is 108 cm³/mol. The number of hydrogen-bond donors (Lipinski definition) is 1. The molecule has 0 bridgehead atoms. The highest BCUT2D eigenvalue weighted by molar-refractivity contribution is 5.69. The number of carboxylic acids is 1. The fourth-order valence-electron chi connectivity index (χ4n) is 5.40. The lowest BCUT2D eigenvalue weighted by Gasteiger charge is -2.43. The first-order chi connectivity index (χ1) is 13.1. The topological polar surface area (TPSA) is 40.5 Å². The molecular formula is C24H29NO2. The summed E-state index contributed by atoms with van der Waals surface area (Å²) in [6.07, 6.45) is 8.41. The van der Waals surface area contributed by atoms with Crippen LogP contribution in [0.2, 0.25) is 0 Å². The van der Waals surface area contributed by atoms with Gasteiger partial charge in [-0.05, 0) is 79.8 Å². The second-order valence-electron chi connectivity index (χ2n) is 8.30. The third kappa shape index (κ3) is 3.41. The Balaban J connectivity index is 1.84. The van der Waals surface area contributed by atoms with Gasteiger partial charge < -0.3 is 5.11 Å². The average Bonchev–Trinajstić information content (AvgIpc) is 2.68. The number of carboxylic acid groups (broad SMARTS) is 1. The smallest absolute Gasteiger partial charge is 0.317 e. The van der Waals surface area contributed by atoms with Gasteiger partial charge in [-0.15, -0.1) is 0 Å². The summed E-state index contributed by atoms with van der Waals surface area (Å²) in [7, 11) is 1.94. The van der Waals surface area contributed by atoms with Gasteiger partial charge in [0.25, 0.3) is 0 Å². The van der Waals surface area contributed by atoms with Crippen molar-refractivity contribution in [3.8, 4) is 0 Å². The number of aryl methyl sites for hydroxylation is 1. The van der Waals surface area contributed by atoms with E-state index in [9.17, 15) is 9.90 Å². The van der Waals surface area contributed by atoms with Crippen LogP contribution < -0.4 is 0 Å².